The summed E-state index contributed by atoms with van der Waals surface area (Å²) >= 11 is 0. The first-order valence-electron chi connectivity index (χ1n) is 29.5. The average molecular weight is 1140 g/mol. The van der Waals surface area contributed by atoms with Crippen LogP contribution in [-0.4, -0.2) is 172 Å². The Morgan fingerprint density at radius 1 is 0.554 bits per heavy atom. The molecule has 442 valence electrons. The van der Waals surface area contributed by atoms with Crippen LogP contribution in [0.4, 0.5) is 13.6 Å². The number of hydrogen-bond acceptors (Lipinski definition) is 12. The summed E-state index contributed by atoms with van der Waals surface area (Å²) in [6.07, 6.45) is 4.75. The number of pyridine rings is 3. The lowest BCUT2D eigenvalue weighted by Gasteiger charge is -2.35. The van der Waals surface area contributed by atoms with E-state index >= 15 is 0 Å². The van der Waals surface area contributed by atoms with Gasteiger partial charge in [0.15, 0.2) is 11.4 Å². The van der Waals surface area contributed by atoms with Gasteiger partial charge in [0.1, 0.15) is 17.1 Å². The Morgan fingerprint density at radius 2 is 1.04 bits per heavy atom. The van der Waals surface area contributed by atoms with Gasteiger partial charge >= 0.3 is 6.09 Å². The fourth-order valence-electron chi connectivity index (χ4n) is 12.4. The minimum Gasteiger partial charge on any atom is -0.497 e. The van der Waals surface area contributed by atoms with Crippen LogP contribution in [0.3, 0.4) is 0 Å². The molecule has 0 saturated carbocycles. The van der Waals surface area contributed by atoms with Gasteiger partial charge in [-0.1, -0.05) is 0 Å². The standard InChI is InChI=1S/C25H34N4O3.C20H25FN4O.C19H23FN4O/c1-18-23-21(9-10-26-18)20-8-7-19(31-5)17-22(20)29(23)12-6-11-27-13-15-28(16-14-27)24(30)32-25(2,3)4;1-14-20-17(13-19(21)23-14)16-5-4-15(26-2)12-18(16)25(20)9-3-8-24-10-6-22-7-11-24;1-13-19-16(12-18(20)22-13)15-4-3-14(25)11-17(15)24(19)8-2-7-23-9-5-21-6-10-23/h7-10,17H,6,11-16H2,1-5H3;4-5,12-13,22H,3,6-11H2,1-2H3;3-4,11-12,21-22H,2,5-10H2,1H3. The molecule has 3 saturated heterocycles. The van der Waals surface area contributed by atoms with Crippen LogP contribution in [0.5, 0.6) is 11.5 Å². The summed E-state index contributed by atoms with van der Waals surface area (Å²) in [6, 6.07) is 22.5. The topological polar surface area (TPSA) is 155 Å². The van der Waals surface area contributed by atoms with Crippen LogP contribution in [0.25, 0.3) is 65.4 Å². The number of aryl methyl sites for hydroxylation is 6. The molecule has 0 radical (unpaired) electrons. The van der Waals surface area contributed by atoms with E-state index in [2.05, 4.69) is 79.1 Å². The van der Waals surface area contributed by atoms with E-state index in [4.69, 9.17) is 14.2 Å². The normalized spacial score (nSPS) is 15.8. The van der Waals surface area contributed by atoms with Gasteiger partial charge in [0.25, 0.3) is 0 Å². The number of ether oxygens (including phenoxy) is 3. The number of aromatic nitrogens is 6. The van der Waals surface area contributed by atoms with Crippen LogP contribution < -0.4 is 25.5 Å². The van der Waals surface area contributed by atoms with Crippen molar-refractivity contribution in [1.29, 1.82) is 0 Å². The van der Waals surface area contributed by atoms with Crippen molar-refractivity contribution in [2.45, 2.75) is 86.0 Å². The highest BCUT2D eigenvalue weighted by Crippen LogP contribution is 2.35. The minimum atomic E-state index is -0.452. The molecule has 3 aliphatic rings. The Balaban J connectivity index is 0.000000140. The first kappa shape index (κ1) is 59.0. The number of aromatic amines is 1. The van der Waals surface area contributed by atoms with Crippen molar-refractivity contribution in [2.24, 2.45) is 0 Å². The van der Waals surface area contributed by atoms with E-state index < -0.39 is 11.5 Å². The number of nitrogens with zero attached hydrogens (tertiary/aromatic N) is 9. The number of nitrogens with one attached hydrogen (secondary N) is 3. The molecule has 6 aromatic heterocycles. The van der Waals surface area contributed by atoms with Crippen LogP contribution in [0, 0.1) is 32.7 Å². The van der Waals surface area contributed by atoms with Gasteiger partial charge in [-0.25, -0.2) is 9.78 Å². The number of rotatable bonds is 14. The molecule has 83 heavy (non-hydrogen) atoms. The van der Waals surface area contributed by atoms with Gasteiger partial charge < -0.3 is 58.2 Å². The third-order valence-corrected chi connectivity index (χ3v) is 16.4. The number of methoxy groups -OCH3 is 2. The molecule has 0 atom stereocenters. The molecule has 9 heterocycles. The van der Waals surface area contributed by atoms with E-state index in [0.29, 0.717) is 13.1 Å². The summed E-state index contributed by atoms with van der Waals surface area (Å²) in [7, 11) is 3.38. The fourth-order valence-corrected chi connectivity index (χ4v) is 12.4. The van der Waals surface area contributed by atoms with E-state index in [-0.39, 0.29) is 17.5 Å². The lowest BCUT2D eigenvalue weighted by molar-refractivity contribution is 0.0144. The second kappa shape index (κ2) is 26.2. The number of carbonyl (C=O) groups excluding carboxylic acids is 1. The van der Waals surface area contributed by atoms with Crippen molar-refractivity contribution < 1.29 is 27.8 Å². The fraction of sp³-hybridized carbons (Fsp3) is 0.469. The molecule has 3 N–H and O–H groups in total. The number of amides is 1. The van der Waals surface area contributed by atoms with Gasteiger partial charge in [0.2, 0.25) is 5.95 Å². The second-order valence-electron chi connectivity index (χ2n) is 23.2. The molecular weight excluding hydrogens is 1050 g/mol. The number of benzene rings is 3. The highest BCUT2D eigenvalue weighted by atomic mass is 19.1. The third-order valence-electron chi connectivity index (χ3n) is 16.4. The largest absolute Gasteiger partial charge is 0.497 e. The molecule has 0 bridgehead atoms. The van der Waals surface area contributed by atoms with Gasteiger partial charge in [-0.3, -0.25) is 14.7 Å². The molecule has 3 aliphatic heterocycles. The molecule has 3 aromatic carbocycles. The zero-order chi connectivity index (χ0) is 58.4. The van der Waals surface area contributed by atoms with E-state index in [1.165, 1.54) is 27.9 Å². The maximum absolute atomic E-state index is 13.9. The molecule has 19 heteroatoms. The Morgan fingerprint density at radius 3 is 1.58 bits per heavy atom. The SMILES string of the molecule is COc1ccc2c3cc(F)nc(C)c3n(CCCN3CCNCC3)c2c1.COc1ccc2c3ccnc(C)c3n(CCCN3CCN(C(=O)OC(C)(C)C)CC3)c2c1.Cc1[nH]c(F)cc2c3ccc(=O)cc3n(CCCN3CCNCC3)c12. The highest BCUT2D eigenvalue weighted by Gasteiger charge is 2.26. The Kier molecular flexibility index (Phi) is 18.6. The zero-order valence-corrected chi connectivity index (χ0v) is 49.7. The predicted octanol–water partition coefficient (Wildman–Crippen LogP) is 9.62. The number of halogens is 2. The summed E-state index contributed by atoms with van der Waals surface area (Å²) in [6.45, 7) is 29.0. The number of hydrogen-bond donors (Lipinski definition) is 3. The lowest BCUT2D eigenvalue weighted by Crippen LogP contribution is -2.50. The molecule has 0 spiro atoms. The van der Waals surface area contributed by atoms with Crippen molar-refractivity contribution in [2.75, 3.05) is 112 Å². The highest BCUT2D eigenvalue weighted by molar-refractivity contribution is 6.10. The van der Waals surface area contributed by atoms with Gasteiger partial charge in [-0.15, -0.1) is 0 Å². The number of carbonyl (C=O) groups is 1. The quantitative estimate of drug-likeness (QED) is 0.0889. The van der Waals surface area contributed by atoms with Gasteiger partial charge in [0, 0.05) is 173 Å². The van der Waals surface area contributed by atoms with E-state index in [1.54, 1.807) is 32.4 Å². The predicted molar refractivity (Wildman–Crippen MR) is 328 cm³/mol. The first-order chi connectivity index (χ1) is 40.1. The molecule has 0 unspecified atom stereocenters. The maximum Gasteiger partial charge on any atom is 0.410 e. The number of piperazine rings is 3. The second-order valence-corrected chi connectivity index (χ2v) is 23.2. The van der Waals surface area contributed by atoms with Gasteiger partial charge in [0.05, 0.1) is 58.7 Å². The van der Waals surface area contributed by atoms with Crippen molar-refractivity contribution in [3.8, 4) is 11.5 Å². The summed E-state index contributed by atoms with van der Waals surface area (Å²) in [4.78, 5) is 44.8. The Labute approximate surface area is 484 Å². The third kappa shape index (κ3) is 13.6. The lowest BCUT2D eigenvalue weighted by atomic mass is 10.1. The molecule has 9 aromatic rings. The van der Waals surface area contributed by atoms with Crippen LogP contribution in [0.15, 0.2) is 83.8 Å². The summed E-state index contributed by atoms with van der Waals surface area (Å²) in [5.41, 5.74) is 8.47. The van der Waals surface area contributed by atoms with Crippen molar-refractivity contribution in [3.05, 3.63) is 118 Å². The monoisotopic (exact) mass is 1140 g/mol. The van der Waals surface area contributed by atoms with E-state index in [9.17, 15) is 18.4 Å². The van der Waals surface area contributed by atoms with Gasteiger partial charge in [-0.2, -0.15) is 8.78 Å². The minimum absolute atomic E-state index is 0.0132. The first-order valence-corrected chi connectivity index (χ1v) is 29.5. The maximum atomic E-state index is 13.9. The Hall–Kier alpha value is -7.16. The van der Waals surface area contributed by atoms with Crippen molar-refractivity contribution in [1.82, 2.24) is 58.9 Å². The van der Waals surface area contributed by atoms with Crippen LogP contribution in [0.2, 0.25) is 0 Å². The molecule has 17 nitrogen and oxygen atoms in total. The van der Waals surface area contributed by atoms with Crippen molar-refractivity contribution in [3.63, 3.8) is 0 Å². The van der Waals surface area contributed by atoms with Gasteiger partial charge in [-0.05, 0) is 123 Å². The smallest absolute Gasteiger partial charge is 0.410 e. The van der Waals surface area contributed by atoms with Crippen LogP contribution in [-0.2, 0) is 24.4 Å². The summed E-state index contributed by atoms with van der Waals surface area (Å²) in [5.74, 6) is 0.905. The summed E-state index contributed by atoms with van der Waals surface area (Å²) in [5, 5.41) is 13.0. The number of fused-ring (bicyclic) bond motifs is 9. The van der Waals surface area contributed by atoms with E-state index in [0.717, 1.165) is 196 Å². The van der Waals surface area contributed by atoms with Crippen LogP contribution in [0.1, 0.15) is 57.1 Å². The van der Waals surface area contributed by atoms with Crippen LogP contribution >= 0.6 is 0 Å². The summed E-state index contributed by atoms with van der Waals surface area (Å²) < 4.78 is 51.0. The van der Waals surface area contributed by atoms with E-state index in [1.807, 2.05) is 76.0 Å². The Bertz CT molecular complexity index is 3790. The molecule has 3 fully saturated rings. The zero-order valence-electron chi connectivity index (χ0n) is 49.7. The molecular formula is C64H82F2N12O5. The van der Waals surface area contributed by atoms with Crippen molar-refractivity contribution >= 4 is 71.5 Å². The average Bonchev–Trinajstić information content (AvgIpc) is 2.84. The molecule has 12 rings (SSSR count). The number of H-pyrrole nitrogens is 1. The molecule has 1 amide bonds. The molecule has 0 aliphatic carbocycles.